The van der Waals surface area contributed by atoms with Gasteiger partial charge in [-0.05, 0) is 152 Å². The fourth-order valence-corrected chi connectivity index (χ4v) is 11.0. The van der Waals surface area contributed by atoms with Crippen LogP contribution >= 0.6 is 0 Å². The lowest BCUT2D eigenvalue weighted by atomic mass is 9.92. The Labute approximate surface area is 417 Å². The molecule has 1 heterocycles. The molecular weight excluding hydrogens is 871 g/mol. The van der Waals surface area contributed by atoms with E-state index in [0.29, 0.717) is 17.5 Å². The molecule has 13 aromatic carbocycles. The zero-order valence-electron chi connectivity index (χ0n) is 39.2. The van der Waals surface area contributed by atoms with Crippen LogP contribution in [0.3, 0.4) is 0 Å². The van der Waals surface area contributed by atoms with E-state index in [-0.39, 0.29) is 0 Å². The lowest BCUT2D eigenvalue weighted by Crippen LogP contribution is -2.00. The summed E-state index contributed by atoms with van der Waals surface area (Å²) in [5.41, 5.74) is 12.0. The molecule has 0 spiro atoms. The smallest absolute Gasteiger partial charge is 0.164 e. The van der Waals surface area contributed by atoms with Crippen LogP contribution < -0.4 is 0 Å². The molecule has 0 radical (unpaired) electrons. The molecule has 3 heteroatoms. The minimum absolute atomic E-state index is 0.614. The normalized spacial score (nSPS) is 11.6. The van der Waals surface area contributed by atoms with Crippen LogP contribution in [-0.2, 0) is 0 Å². The largest absolute Gasteiger partial charge is 0.208 e. The molecule has 0 aliphatic rings. The van der Waals surface area contributed by atoms with E-state index in [2.05, 4.69) is 261 Å². The third kappa shape index (κ3) is 7.18. The topological polar surface area (TPSA) is 38.7 Å². The zero-order chi connectivity index (χ0) is 47.5. The molecule has 14 rings (SSSR count). The maximum atomic E-state index is 5.36. The number of rotatable bonds is 7. The van der Waals surface area contributed by atoms with Gasteiger partial charge in [0, 0.05) is 16.7 Å². The van der Waals surface area contributed by atoms with Crippen molar-refractivity contribution in [2.75, 3.05) is 0 Å². The predicted molar refractivity (Wildman–Crippen MR) is 303 cm³/mol. The van der Waals surface area contributed by atoms with Crippen LogP contribution in [-0.4, -0.2) is 15.0 Å². The molecular formula is C69H43N3. The van der Waals surface area contributed by atoms with Gasteiger partial charge in [-0.2, -0.15) is 0 Å². The first kappa shape index (κ1) is 41.4. The number of hydrogen-bond acceptors (Lipinski definition) is 3. The van der Waals surface area contributed by atoms with Crippen molar-refractivity contribution in [2.45, 2.75) is 0 Å². The van der Waals surface area contributed by atoms with Crippen molar-refractivity contribution in [2.24, 2.45) is 0 Å². The van der Waals surface area contributed by atoms with Gasteiger partial charge in [-0.25, -0.2) is 15.0 Å². The molecule has 1 aromatic heterocycles. The monoisotopic (exact) mass is 913 g/mol. The number of hydrogen-bond donors (Lipinski definition) is 0. The molecule has 0 bridgehead atoms. The van der Waals surface area contributed by atoms with Crippen LogP contribution in [0, 0.1) is 0 Å². The molecule has 0 amide bonds. The molecule has 0 atom stereocenters. The summed E-state index contributed by atoms with van der Waals surface area (Å²) in [7, 11) is 0. The van der Waals surface area contributed by atoms with Gasteiger partial charge in [0.1, 0.15) is 0 Å². The van der Waals surface area contributed by atoms with Crippen molar-refractivity contribution in [1.29, 1.82) is 0 Å². The first-order valence-electron chi connectivity index (χ1n) is 24.6. The fraction of sp³-hybridized carbons (Fsp3) is 0. The molecule has 0 unspecified atom stereocenters. The lowest BCUT2D eigenvalue weighted by Gasteiger charge is -2.14. The number of benzene rings is 13. The van der Waals surface area contributed by atoms with Gasteiger partial charge in [-0.15, -0.1) is 0 Å². The van der Waals surface area contributed by atoms with Gasteiger partial charge in [0.2, 0.25) is 0 Å². The molecule has 72 heavy (non-hydrogen) atoms. The number of nitrogens with zero attached hydrogens (tertiary/aromatic N) is 3. The van der Waals surface area contributed by atoms with Crippen LogP contribution in [0.15, 0.2) is 261 Å². The van der Waals surface area contributed by atoms with Crippen LogP contribution in [0.2, 0.25) is 0 Å². The quantitative estimate of drug-likeness (QED) is 0.150. The Bertz CT molecular complexity index is 4140. The highest BCUT2D eigenvalue weighted by molar-refractivity contribution is 6.27. The summed E-state index contributed by atoms with van der Waals surface area (Å²) < 4.78 is 0. The Morgan fingerprint density at radius 2 is 0.375 bits per heavy atom. The van der Waals surface area contributed by atoms with Gasteiger partial charge in [0.25, 0.3) is 0 Å². The van der Waals surface area contributed by atoms with Crippen molar-refractivity contribution >= 4 is 64.6 Å². The molecule has 3 nitrogen and oxygen atoms in total. The molecule has 0 aliphatic heterocycles. The second-order valence-electron chi connectivity index (χ2n) is 18.7. The highest BCUT2D eigenvalue weighted by Gasteiger charge is 2.18. The molecule has 0 saturated carbocycles. The average Bonchev–Trinajstić information content (AvgIpc) is 3.47. The summed E-state index contributed by atoms with van der Waals surface area (Å²) in [6, 6.07) is 93.8. The molecule has 14 aromatic rings. The summed E-state index contributed by atoms with van der Waals surface area (Å²) in [5.74, 6) is 1.86. The Kier molecular flexibility index (Phi) is 9.85. The lowest BCUT2D eigenvalue weighted by molar-refractivity contribution is 1.08. The average molecular weight is 914 g/mol. The second kappa shape index (κ2) is 17.1. The van der Waals surface area contributed by atoms with E-state index in [1.165, 1.54) is 86.9 Å². The fourth-order valence-electron chi connectivity index (χ4n) is 11.0. The Morgan fingerprint density at radius 3 is 0.750 bits per heavy atom. The minimum Gasteiger partial charge on any atom is -0.208 e. The summed E-state index contributed by atoms with van der Waals surface area (Å²) in [6.07, 6.45) is 0. The van der Waals surface area contributed by atoms with Crippen molar-refractivity contribution < 1.29 is 0 Å². The molecule has 334 valence electrons. The Hall–Kier alpha value is -9.57. The van der Waals surface area contributed by atoms with Crippen LogP contribution in [0.25, 0.3) is 143 Å². The molecule has 0 aliphatic carbocycles. The maximum Gasteiger partial charge on any atom is 0.164 e. The third-order valence-corrected chi connectivity index (χ3v) is 14.4. The predicted octanol–water partition coefficient (Wildman–Crippen LogP) is 18.5. The summed E-state index contributed by atoms with van der Waals surface area (Å²) >= 11 is 0. The Balaban J connectivity index is 0.932. The standard InChI is InChI=1S/C69H43N3/c1-3-17-44(18-4-1)52-39-53(45-19-5-2-6-20-45)41-54(40-52)48-23-15-21-46(37-48)47-22-16-24-49(38-47)67-70-68(50-33-35-63-59-29-9-7-25-55(59)57-27-11-13-31-61(57)65(63)42-50)72-69(71-67)51-34-36-64-60-30-10-8-26-56(60)58-28-12-14-32-62(58)66(64)43-51/h1-43H. The van der Waals surface area contributed by atoms with Crippen molar-refractivity contribution in [3.05, 3.63) is 261 Å². The van der Waals surface area contributed by atoms with Crippen LogP contribution in [0.5, 0.6) is 0 Å². The third-order valence-electron chi connectivity index (χ3n) is 14.4. The van der Waals surface area contributed by atoms with Gasteiger partial charge in [-0.3, -0.25) is 0 Å². The van der Waals surface area contributed by atoms with E-state index in [1.54, 1.807) is 0 Å². The SMILES string of the molecule is c1ccc(-c2cc(-c3ccccc3)cc(-c3cccc(-c4cccc(-c5nc(-c6ccc7c8ccccc8c8ccccc8c7c6)nc(-c6ccc7c8ccccc8c8ccccc8c7c6)n5)c4)c3)c2)cc1. The van der Waals surface area contributed by atoms with Gasteiger partial charge in [0.05, 0.1) is 0 Å². The van der Waals surface area contributed by atoms with Gasteiger partial charge < -0.3 is 0 Å². The van der Waals surface area contributed by atoms with Crippen LogP contribution in [0.1, 0.15) is 0 Å². The van der Waals surface area contributed by atoms with E-state index >= 15 is 0 Å². The van der Waals surface area contributed by atoms with Crippen molar-refractivity contribution in [1.82, 2.24) is 15.0 Å². The van der Waals surface area contributed by atoms with Gasteiger partial charge in [0.15, 0.2) is 17.5 Å². The van der Waals surface area contributed by atoms with E-state index in [4.69, 9.17) is 15.0 Å². The van der Waals surface area contributed by atoms with E-state index < -0.39 is 0 Å². The van der Waals surface area contributed by atoms with Crippen molar-refractivity contribution in [3.8, 4) is 78.7 Å². The summed E-state index contributed by atoms with van der Waals surface area (Å²) in [6.45, 7) is 0. The zero-order valence-corrected chi connectivity index (χ0v) is 39.2. The van der Waals surface area contributed by atoms with E-state index in [0.717, 1.165) is 38.9 Å². The first-order chi connectivity index (χ1) is 35.7. The molecule has 0 saturated heterocycles. The van der Waals surface area contributed by atoms with Crippen molar-refractivity contribution in [3.63, 3.8) is 0 Å². The van der Waals surface area contributed by atoms with Gasteiger partial charge in [-0.1, -0.05) is 218 Å². The highest BCUT2D eigenvalue weighted by Crippen LogP contribution is 2.41. The molecule has 0 N–H and O–H groups in total. The number of aromatic nitrogens is 3. The Morgan fingerprint density at radius 1 is 0.139 bits per heavy atom. The van der Waals surface area contributed by atoms with E-state index in [9.17, 15) is 0 Å². The summed E-state index contributed by atoms with van der Waals surface area (Å²) in [4.78, 5) is 16.1. The highest BCUT2D eigenvalue weighted by atomic mass is 15.0. The maximum absolute atomic E-state index is 5.36. The van der Waals surface area contributed by atoms with Crippen LogP contribution in [0.4, 0.5) is 0 Å². The first-order valence-corrected chi connectivity index (χ1v) is 24.6. The van der Waals surface area contributed by atoms with Gasteiger partial charge >= 0.3 is 0 Å². The molecule has 0 fully saturated rings. The minimum atomic E-state index is 0.614. The second-order valence-corrected chi connectivity index (χ2v) is 18.7. The van der Waals surface area contributed by atoms with E-state index in [1.807, 2.05) is 0 Å². The summed E-state index contributed by atoms with van der Waals surface area (Å²) in [5, 5.41) is 14.6. The number of fused-ring (bicyclic) bond motifs is 12.